The number of carboxylic acids is 1. The van der Waals surface area contributed by atoms with Gasteiger partial charge in [-0.2, -0.15) is 0 Å². The van der Waals surface area contributed by atoms with Crippen LogP contribution >= 0.6 is 0 Å². The van der Waals surface area contributed by atoms with Gasteiger partial charge in [0.1, 0.15) is 0 Å². The van der Waals surface area contributed by atoms with Crippen LogP contribution in [0, 0.1) is 23.2 Å². The lowest BCUT2D eigenvalue weighted by atomic mass is 10.1. The summed E-state index contributed by atoms with van der Waals surface area (Å²) in [5, 5.41) is 11.7. The molecule has 2 N–H and O–H groups in total. The highest BCUT2D eigenvalue weighted by atomic mass is 16.5. The Kier molecular flexibility index (Phi) is 4.73. The number of amides is 1. The average Bonchev–Trinajstić information content (AvgIpc) is 2.80. The fourth-order valence-electron chi connectivity index (χ4n) is 2.26. The van der Waals surface area contributed by atoms with Crippen molar-refractivity contribution in [3.63, 3.8) is 0 Å². The largest absolute Gasteiger partial charge is 0.481 e. The number of hydrogen-bond donors (Lipinski definition) is 2. The minimum atomic E-state index is -0.892. The summed E-state index contributed by atoms with van der Waals surface area (Å²) in [5.41, 5.74) is -0.436. The van der Waals surface area contributed by atoms with Gasteiger partial charge in [0, 0.05) is 13.2 Å². The van der Waals surface area contributed by atoms with Gasteiger partial charge < -0.3 is 15.2 Å². The molecule has 5 nitrogen and oxygen atoms in total. The molecule has 1 aliphatic carbocycles. The lowest BCUT2D eigenvalue weighted by Gasteiger charge is -2.08. The van der Waals surface area contributed by atoms with Crippen LogP contribution in [0.5, 0.6) is 0 Å². The van der Waals surface area contributed by atoms with Crippen molar-refractivity contribution >= 4 is 11.9 Å². The summed E-state index contributed by atoms with van der Waals surface area (Å²) in [4.78, 5) is 22.7. The van der Waals surface area contributed by atoms with Crippen molar-refractivity contribution in [3.8, 4) is 0 Å². The van der Waals surface area contributed by atoms with Gasteiger partial charge in [0.2, 0.25) is 5.91 Å². The molecule has 5 heteroatoms. The van der Waals surface area contributed by atoms with Crippen molar-refractivity contribution in [2.24, 2.45) is 23.2 Å². The summed E-state index contributed by atoms with van der Waals surface area (Å²) in [6, 6.07) is 0. The van der Waals surface area contributed by atoms with E-state index in [1.165, 1.54) is 0 Å². The van der Waals surface area contributed by atoms with E-state index in [0.717, 1.165) is 0 Å². The van der Waals surface area contributed by atoms with Crippen molar-refractivity contribution in [1.82, 2.24) is 5.32 Å². The summed E-state index contributed by atoms with van der Waals surface area (Å²) in [7, 11) is 0. The van der Waals surface area contributed by atoms with Gasteiger partial charge in [-0.3, -0.25) is 9.59 Å². The quantitative estimate of drug-likeness (QED) is 0.670. The second-order valence-electron chi connectivity index (χ2n) is 5.87. The molecule has 104 valence electrons. The van der Waals surface area contributed by atoms with Gasteiger partial charge in [-0.25, -0.2) is 0 Å². The minimum Gasteiger partial charge on any atom is -0.481 e. The first-order valence-electron chi connectivity index (χ1n) is 6.36. The standard InChI is InChI=1S/C13H23NO4/c1-8(2)7-18-6-5-14-11(15)9-10(12(16)17)13(9,3)4/h8-10H,5-7H2,1-4H3,(H,14,15)(H,16,17). The number of hydrogen-bond acceptors (Lipinski definition) is 3. The summed E-state index contributed by atoms with van der Waals surface area (Å²) in [5.74, 6) is -1.58. The maximum Gasteiger partial charge on any atom is 0.307 e. The molecule has 18 heavy (non-hydrogen) atoms. The Bertz CT molecular complexity index is 325. The molecule has 1 rings (SSSR count). The lowest BCUT2D eigenvalue weighted by molar-refractivity contribution is -0.140. The van der Waals surface area contributed by atoms with Crippen molar-refractivity contribution in [2.75, 3.05) is 19.8 Å². The Hall–Kier alpha value is -1.10. The number of rotatable bonds is 7. The van der Waals surface area contributed by atoms with Crippen molar-refractivity contribution in [1.29, 1.82) is 0 Å². The van der Waals surface area contributed by atoms with Gasteiger partial charge in [0.15, 0.2) is 0 Å². The van der Waals surface area contributed by atoms with E-state index in [4.69, 9.17) is 9.84 Å². The molecule has 2 unspecified atom stereocenters. The summed E-state index contributed by atoms with van der Waals surface area (Å²) in [6.07, 6.45) is 0. The highest BCUT2D eigenvalue weighted by molar-refractivity contribution is 5.91. The van der Waals surface area contributed by atoms with E-state index in [9.17, 15) is 9.59 Å². The number of carbonyl (C=O) groups is 2. The molecule has 2 atom stereocenters. The maximum absolute atomic E-state index is 11.8. The number of carbonyl (C=O) groups excluding carboxylic acids is 1. The summed E-state index contributed by atoms with van der Waals surface area (Å²) < 4.78 is 5.34. The van der Waals surface area contributed by atoms with E-state index in [2.05, 4.69) is 19.2 Å². The van der Waals surface area contributed by atoms with Gasteiger partial charge >= 0.3 is 5.97 Å². The second-order valence-corrected chi connectivity index (χ2v) is 5.87. The molecule has 0 aliphatic heterocycles. The molecule has 0 aromatic carbocycles. The van der Waals surface area contributed by atoms with E-state index in [1.807, 2.05) is 13.8 Å². The van der Waals surface area contributed by atoms with Crippen LogP contribution in [0.15, 0.2) is 0 Å². The van der Waals surface area contributed by atoms with E-state index in [0.29, 0.717) is 25.7 Å². The topological polar surface area (TPSA) is 75.6 Å². The molecule has 1 saturated carbocycles. The van der Waals surface area contributed by atoms with Crippen molar-refractivity contribution in [2.45, 2.75) is 27.7 Å². The first-order valence-corrected chi connectivity index (χ1v) is 6.36. The monoisotopic (exact) mass is 257 g/mol. The highest BCUT2D eigenvalue weighted by Crippen LogP contribution is 2.58. The second kappa shape index (κ2) is 5.69. The van der Waals surface area contributed by atoms with Gasteiger partial charge in [-0.05, 0) is 11.3 Å². The molecule has 0 saturated heterocycles. The van der Waals surface area contributed by atoms with Crippen LogP contribution in [0.1, 0.15) is 27.7 Å². The van der Waals surface area contributed by atoms with Crippen molar-refractivity contribution in [3.05, 3.63) is 0 Å². The van der Waals surface area contributed by atoms with Crippen molar-refractivity contribution < 1.29 is 19.4 Å². The van der Waals surface area contributed by atoms with Crippen LogP contribution < -0.4 is 5.32 Å². The lowest BCUT2D eigenvalue weighted by Crippen LogP contribution is -2.30. The molecule has 0 heterocycles. The minimum absolute atomic E-state index is 0.180. The fraction of sp³-hybridized carbons (Fsp3) is 0.846. The maximum atomic E-state index is 11.8. The SMILES string of the molecule is CC(C)COCCNC(=O)C1C(C(=O)O)C1(C)C. The van der Waals surface area contributed by atoms with Gasteiger partial charge in [0.25, 0.3) is 0 Å². The zero-order chi connectivity index (χ0) is 13.9. The third-order valence-corrected chi connectivity index (χ3v) is 3.37. The molecule has 1 aliphatic rings. The average molecular weight is 257 g/mol. The van der Waals surface area contributed by atoms with E-state index in [-0.39, 0.29) is 5.91 Å². The molecular weight excluding hydrogens is 234 g/mol. The molecule has 0 aromatic heterocycles. The van der Waals surface area contributed by atoms with Gasteiger partial charge in [0.05, 0.1) is 18.4 Å². The predicted octanol–water partition coefficient (Wildman–Crippen LogP) is 1.13. The van der Waals surface area contributed by atoms with Crippen LogP contribution in [-0.2, 0) is 14.3 Å². The zero-order valence-electron chi connectivity index (χ0n) is 11.5. The molecule has 1 amide bonds. The Morgan fingerprint density at radius 1 is 1.33 bits per heavy atom. The van der Waals surface area contributed by atoms with Crippen LogP contribution in [0.3, 0.4) is 0 Å². The molecule has 0 spiro atoms. The van der Waals surface area contributed by atoms with Crippen LogP contribution in [0.2, 0.25) is 0 Å². The molecule has 1 fully saturated rings. The van der Waals surface area contributed by atoms with Gasteiger partial charge in [-0.15, -0.1) is 0 Å². The number of nitrogens with one attached hydrogen (secondary N) is 1. The number of aliphatic carboxylic acids is 1. The number of ether oxygens (including phenoxy) is 1. The zero-order valence-corrected chi connectivity index (χ0v) is 11.5. The predicted molar refractivity (Wildman–Crippen MR) is 67.1 cm³/mol. The first-order chi connectivity index (χ1) is 8.28. The molecule has 0 radical (unpaired) electrons. The summed E-state index contributed by atoms with van der Waals surface area (Å²) >= 11 is 0. The Balaban J connectivity index is 2.25. The molecule has 0 aromatic rings. The third-order valence-electron chi connectivity index (χ3n) is 3.37. The van der Waals surface area contributed by atoms with Crippen LogP contribution in [0.4, 0.5) is 0 Å². The van der Waals surface area contributed by atoms with Gasteiger partial charge in [-0.1, -0.05) is 27.7 Å². The Labute approximate surface area is 108 Å². The fourth-order valence-corrected chi connectivity index (χ4v) is 2.26. The molecular formula is C13H23NO4. The van der Waals surface area contributed by atoms with Crippen LogP contribution in [-0.4, -0.2) is 36.7 Å². The smallest absolute Gasteiger partial charge is 0.307 e. The van der Waals surface area contributed by atoms with E-state index < -0.39 is 23.2 Å². The number of carboxylic acid groups (broad SMARTS) is 1. The Morgan fingerprint density at radius 3 is 2.39 bits per heavy atom. The highest BCUT2D eigenvalue weighted by Gasteiger charge is 2.65. The normalized spacial score (nSPS) is 24.9. The first kappa shape index (κ1) is 15.0. The summed E-state index contributed by atoms with van der Waals surface area (Å²) in [6.45, 7) is 9.31. The Morgan fingerprint density at radius 2 is 1.94 bits per heavy atom. The van der Waals surface area contributed by atoms with Crippen LogP contribution in [0.25, 0.3) is 0 Å². The molecule has 0 bridgehead atoms. The third kappa shape index (κ3) is 3.45. The van der Waals surface area contributed by atoms with E-state index in [1.54, 1.807) is 0 Å². The van der Waals surface area contributed by atoms with E-state index >= 15 is 0 Å².